The quantitative estimate of drug-likeness (QED) is 0.620. The Morgan fingerprint density at radius 3 is 2.52 bits per heavy atom. The largest absolute Gasteiger partial charge is 0.488 e. The molecule has 2 aromatic carbocycles. The molecule has 1 heterocycles. The zero-order chi connectivity index (χ0) is 21.8. The van der Waals surface area contributed by atoms with Crippen molar-refractivity contribution in [3.05, 3.63) is 64.2 Å². The van der Waals surface area contributed by atoms with Crippen molar-refractivity contribution in [1.29, 1.82) is 0 Å². The second-order valence-electron chi connectivity index (χ2n) is 8.73. The molecule has 0 aromatic heterocycles. The first-order chi connectivity index (χ1) is 15.0. The Morgan fingerprint density at radius 2 is 1.77 bits per heavy atom. The standard InChI is InChI=1S/C25H31ClO5/c26-22-10-7-17(25-14-19(28)13-21(15-27)31-25)12-18(22)11-16-5-8-20(9-6-16)30-24-4-2-1-3-23(24)29/h5-10,12,19,21,23-25,27-29H,1-4,11,13-15H2/t19?,21-,23?,24?,25+/m0/s1. The lowest BCUT2D eigenvalue weighted by Gasteiger charge is -2.32. The molecule has 3 N–H and O–H groups in total. The van der Waals surface area contributed by atoms with E-state index in [4.69, 9.17) is 21.1 Å². The Balaban J connectivity index is 1.43. The number of hydrogen-bond donors (Lipinski definition) is 3. The van der Waals surface area contributed by atoms with Crippen LogP contribution in [0.5, 0.6) is 5.75 Å². The van der Waals surface area contributed by atoms with E-state index >= 15 is 0 Å². The summed E-state index contributed by atoms with van der Waals surface area (Å²) in [6.07, 6.45) is 3.89. The molecule has 2 fully saturated rings. The summed E-state index contributed by atoms with van der Waals surface area (Å²) < 4.78 is 11.9. The number of rotatable bonds is 6. The van der Waals surface area contributed by atoms with Gasteiger partial charge in [-0.25, -0.2) is 0 Å². The normalized spacial score (nSPS) is 29.0. The molecule has 5 nitrogen and oxygen atoms in total. The number of aliphatic hydroxyl groups is 3. The minimum atomic E-state index is -0.481. The fraction of sp³-hybridized carbons (Fsp3) is 0.520. The maximum atomic E-state index is 10.1. The third kappa shape index (κ3) is 5.79. The van der Waals surface area contributed by atoms with E-state index in [-0.39, 0.29) is 31.0 Å². The molecule has 1 aliphatic carbocycles. The van der Waals surface area contributed by atoms with Gasteiger partial charge in [-0.3, -0.25) is 0 Å². The van der Waals surface area contributed by atoms with E-state index in [9.17, 15) is 15.3 Å². The van der Waals surface area contributed by atoms with E-state index in [0.717, 1.165) is 48.1 Å². The number of benzene rings is 2. The number of halogens is 1. The summed E-state index contributed by atoms with van der Waals surface area (Å²) in [7, 11) is 0. The Morgan fingerprint density at radius 1 is 1.00 bits per heavy atom. The van der Waals surface area contributed by atoms with Crippen LogP contribution >= 0.6 is 11.6 Å². The third-order valence-electron chi connectivity index (χ3n) is 6.30. The van der Waals surface area contributed by atoms with Crippen molar-refractivity contribution in [2.75, 3.05) is 6.61 Å². The van der Waals surface area contributed by atoms with Gasteiger partial charge in [0, 0.05) is 17.9 Å². The highest BCUT2D eigenvalue weighted by molar-refractivity contribution is 6.31. The van der Waals surface area contributed by atoms with Gasteiger partial charge in [-0.1, -0.05) is 42.3 Å². The lowest BCUT2D eigenvalue weighted by Crippen LogP contribution is -2.34. The van der Waals surface area contributed by atoms with Crippen LogP contribution in [0.3, 0.4) is 0 Å². The fourth-order valence-corrected chi connectivity index (χ4v) is 4.73. The molecular weight excluding hydrogens is 416 g/mol. The smallest absolute Gasteiger partial charge is 0.124 e. The van der Waals surface area contributed by atoms with Crippen molar-refractivity contribution >= 4 is 11.6 Å². The van der Waals surface area contributed by atoms with Crippen LogP contribution in [0.1, 0.15) is 61.3 Å². The van der Waals surface area contributed by atoms with Gasteiger partial charge >= 0.3 is 0 Å². The lowest BCUT2D eigenvalue weighted by molar-refractivity contribution is -0.113. The van der Waals surface area contributed by atoms with Crippen molar-refractivity contribution in [2.45, 2.75) is 75.5 Å². The zero-order valence-electron chi connectivity index (χ0n) is 17.6. The minimum Gasteiger partial charge on any atom is -0.488 e. The van der Waals surface area contributed by atoms with Crippen molar-refractivity contribution in [3.8, 4) is 5.75 Å². The Hall–Kier alpha value is -1.63. The molecule has 3 unspecified atom stereocenters. The second kappa shape index (κ2) is 10.3. The molecule has 6 heteroatoms. The average molecular weight is 447 g/mol. The molecule has 0 spiro atoms. The van der Waals surface area contributed by atoms with Gasteiger partial charge in [0.15, 0.2) is 0 Å². The van der Waals surface area contributed by atoms with Crippen molar-refractivity contribution < 1.29 is 24.8 Å². The van der Waals surface area contributed by atoms with E-state index in [1.165, 1.54) is 0 Å². The Kier molecular flexibility index (Phi) is 7.51. The maximum Gasteiger partial charge on any atom is 0.124 e. The van der Waals surface area contributed by atoms with Gasteiger partial charge < -0.3 is 24.8 Å². The Bertz CT molecular complexity index is 855. The number of ether oxygens (including phenoxy) is 2. The lowest BCUT2D eigenvalue weighted by atomic mass is 9.94. The third-order valence-corrected chi connectivity index (χ3v) is 6.66. The molecule has 0 radical (unpaired) electrons. The van der Waals surface area contributed by atoms with E-state index in [0.29, 0.717) is 24.3 Å². The van der Waals surface area contributed by atoms with Crippen LogP contribution in [-0.4, -0.2) is 46.3 Å². The van der Waals surface area contributed by atoms with Gasteiger partial charge in [-0.05, 0) is 60.6 Å². The second-order valence-corrected chi connectivity index (χ2v) is 9.14. The molecule has 1 aliphatic heterocycles. The van der Waals surface area contributed by atoms with Gasteiger partial charge in [-0.2, -0.15) is 0 Å². The molecule has 31 heavy (non-hydrogen) atoms. The van der Waals surface area contributed by atoms with Crippen LogP contribution in [-0.2, 0) is 11.2 Å². The predicted octanol–water partition coefficient (Wildman–Crippen LogP) is 4.19. The van der Waals surface area contributed by atoms with Gasteiger partial charge in [-0.15, -0.1) is 0 Å². The Labute approximate surface area is 188 Å². The molecule has 2 aromatic rings. The predicted molar refractivity (Wildman–Crippen MR) is 120 cm³/mol. The summed E-state index contributed by atoms with van der Waals surface area (Å²) in [6, 6.07) is 13.8. The summed E-state index contributed by atoms with van der Waals surface area (Å²) in [5.74, 6) is 0.772. The topological polar surface area (TPSA) is 79.2 Å². The molecule has 1 saturated carbocycles. The molecule has 4 rings (SSSR count). The molecule has 0 bridgehead atoms. The van der Waals surface area contributed by atoms with Crippen molar-refractivity contribution in [1.82, 2.24) is 0 Å². The van der Waals surface area contributed by atoms with Crippen molar-refractivity contribution in [2.24, 2.45) is 0 Å². The summed E-state index contributed by atoms with van der Waals surface area (Å²) in [5, 5.41) is 30.3. The maximum absolute atomic E-state index is 10.1. The van der Waals surface area contributed by atoms with E-state index in [1.54, 1.807) is 0 Å². The number of hydrogen-bond acceptors (Lipinski definition) is 5. The van der Waals surface area contributed by atoms with Gasteiger partial charge in [0.1, 0.15) is 11.9 Å². The van der Waals surface area contributed by atoms with Crippen LogP contribution in [0.25, 0.3) is 0 Å². The monoisotopic (exact) mass is 446 g/mol. The molecule has 2 aliphatic rings. The SMILES string of the molecule is OC[C@@H]1CC(O)C[C@H](c2ccc(Cl)c(Cc3ccc(OC4CCCCC4O)cc3)c2)O1. The minimum absolute atomic E-state index is 0.0969. The summed E-state index contributed by atoms with van der Waals surface area (Å²) in [4.78, 5) is 0. The van der Waals surface area contributed by atoms with Crippen LogP contribution in [0.15, 0.2) is 42.5 Å². The molecule has 168 valence electrons. The van der Waals surface area contributed by atoms with Gasteiger partial charge in [0.25, 0.3) is 0 Å². The van der Waals surface area contributed by atoms with Crippen LogP contribution in [0, 0.1) is 0 Å². The highest BCUT2D eigenvalue weighted by Crippen LogP contribution is 2.34. The summed E-state index contributed by atoms with van der Waals surface area (Å²) >= 11 is 6.46. The fourth-order valence-electron chi connectivity index (χ4n) is 4.55. The van der Waals surface area contributed by atoms with Gasteiger partial charge in [0.05, 0.1) is 31.0 Å². The van der Waals surface area contributed by atoms with Crippen LogP contribution in [0.2, 0.25) is 5.02 Å². The summed E-state index contributed by atoms with van der Waals surface area (Å²) in [6.45, 7) is -0.0969. The first-order valence-electron chi connectivity index (χ1n) is 11.2. The first-order valence-corrected chi connectivity index (χ1v) is 11.6. The zero-order valence-corrected chi connectivity index (χ0v) is 18.4. The van der Waals surface area contributed by atoms with E-state index in [1.807, 2.05) is 42.5 Å². The molecule has 5 atom stereocenters. The molecular formula is C25H31ClO5. The van der Waals surface area contributed by atoms with Crippen LogP contribution in [0.4, 0.5) is 0 Å². The highest BCUT2D eigenvalue weighted by atomic mass is 35.5. The highest BCUT2D eigenvalue weighted by Gasteiger charge is 2.29. The average Bonchev–Trinajstić information content (AvgIpc) is 2.77. The molecule has 1 saturated heterocycles. The van der Waals surface area contributed by atoms with E-state index < -0.39 is 6.10 Å². The van der Waals surface area contributed by atoms with Crippen LogP contribution < -0.4 is 4.74 Å². The molecule has 0 amide bonds. The van der Waals surface area contributed by atoms with Crippen molar-refractivity contribution in [3.63, 3.8) is 0 Å². The number of aliphatic hydroxyl groups excluding tert-OH is 3. The first kappa shape index (κ1) is 22.6. The van der Waals surface area contributed by atoms with Gasteiger partial charge in [0.2, 0.25) is 0 Å². The summed E-state index contributed by atoms with van der Waals surface area (Å²) in [5.41, 5.74) is 3.05. The van der Waals surface area contributed by atoms with E-state index in [2.05, 4.69) is 0 Å².